The van der Waals surface area contributed by atoms with Crippen LogP contribution in [-0.2, 0) is 11.3 Å². The number of fused-ring (bicyclic) bond motifs is 1. The molecule has 1 amide bonds. The number of nitrogens with one attached hydrogen (secondary N) is 1. The summed E-state index contributed by atoms with van der Waals surface area (Å²) in [5.41, 5.74) is 1.09. The Hall–Kier alpha value is -3.13. The van der Waals surface area contributed by atoms with Gasteiger partial charge in [-0.2, -0.15) is 0 Å². The van der Waals surface area contributed by atoms with E-state index in [2.05, 4.69) is 5.32 Å². The first-order valence-electron chi connectivity index (χ1n) is 7.77. The molecule has 8 nitrogen and oxygen atoms in total. The van der Waals surface area contributed by atoms with Gasteiger partial charge in [-0.25, -0.2) is 4.79 Å². The Kier molecular flexibility index (Phi) is 5.04. The molecule has 0 spiro atoms. The van der Waals surface area contributed by atoms with Crippen LogP contribution in [0.1, 0.15) is 12.8 Å². The minimum Gasteiger partial charge on any atom is -0.407 e. The van der Waals surface area contributed by atoms with E-state index < -0.39 is 10.7 Å². The summed E-state index contributed by atoms with van der Waals surface area (Å²) >= 11 is 5.79. The monoisotopic (exact) mass is 375 g/mol. The molecule has 1 N–H and O–H groups in total. The summed E-state index contributed by atoms with van der Waals surface area (Å²) in [5.74, 6) is -0.803. The van der Waals surface area contributed by atoms with Gasteiger partial charge in [0, 0.05) is 29.7 Å². The molecule has 0 aliphatic carbocycles. The van der Waals surface area contributed by atoms with Gasteiger partial charge in [-0.05, 0) is 36.8 Å². The van der Waals surface area contributed by atoms with Crippen molar-refractivity contribution in [3.63, 3.8) is 0 Å². The lowest BCUT2D eigenvalue weighted by molar-refractivity contribution is -0.384. The van der Waals surface area contributed by atoms with Crippen LogP contribution in [0.4, 0.5) is 11.4 Å². The number of hydrogen-bond acceptors (Lipinski definition) is 5. The Morgan fingerprint density at radius 2 is 1.96 bits per heavy atom. The van der Waals surface area contributed by atoms with Gasteiger partial charge in [-0.15, -0.1) is 0 Å². The molecule has 0 radical (unpaired) electrons. The predicted octanol–water partition coefficient (Wildman–Crippen LogP) is 3.58. The van der Waals surface area contributed by atoms with Crippen molar-refractivity contribution in [1.29, 1.82) is 0 Å². The number of rotatable bonds is 6. The van der Waals surface area contributed by atoms with Gasteiger partial charge in [0.1, 0.15) is 0 Å². The quantitative estimate of drug-likeness (QED) is 0.523. The smallest absolute Gasteiger partial charge is 0.407 e. The van der Waals surface area contributed by atoms with Crippen molar-refractivity contribution < 1.29 is 14.1 Å². The normalized spacial score (nSPS) is 10.8. The molecule has 9 heteroatoms. The summed E-state index contributed by atoms with van der Waals surface area (Å²) in [5, 5.41) is 14.1. The summed E-state index contributed by atoms with van der Waals surface area (Å²) in [6.07, 6.45) is 0.611. The molecule has 1 heterocycles. The Balaban J connectivity index is 1.63. The van der Waals surface area contributed by atoms with E-state index in [1.807, 2.05) is 0 Å². The van der Waals surface area contributed by atoms with Gasteiger partial charge in [-0.3, -0.25) is 19.5 Å². The third kappa shape index (κ3) is 3.92. The number of halogens is 1. The van der Waals surface area contributed by atoms with Crippen molar-refractivity contribution in [2.45, 2.75) is 19.4 Å². The van der Waals surface area contributed by atoms with E-state index in [9.17, 15) is 19.7 Å². The fraction of sp³-hybridized carbons (Fsp3) is 0.176. The first kappa shape index (κ1) is 17.7. The largest absolute Gasteiger partial charge is 0.419 e. The summed E-state index contributed by atoms with van der Waals surface area (Å²) in [4.78, 5) is 34.1. The first-order chi connectivity index (χ1) is 12.4. The molecule has 2 aromatic carbocycles. The average Bonchev–Trinajstić information content (AvgIpc) is 2.91. The number of carbonyl (C=O) groups excluding carboxylic acids is 1. The van der Waals surface area contributed by atoms with Crippen molar-refractivity contribution >= 4 is 40.0 Å². The topological polar surface area (TPSA) is 107 Å². The zero-order valence-corrected chi connectivity index (χ0v) is 14.2. The van der Waals surface area contributed by atoms with E-state index in [1.165, 1.54) is 22.8 Å². The first-order valence-corrected chi connectivity index (χ1v) is 8.15. The van der Waals surface area contributed by atoms with Crippen LogP contribution >= 0.6 is 11.6 Å². The zero-order valence-electron chi connectivity index (χ0n) is 13.5. The number of nitrogens with zero attached hydrogens (tertiary/aromatic N) is 2. The Labute approximate surface area is 152 Å². The number of benzene rings is 2. The Morgan fingerprint density at radius 1 is 1.23 bits per heavy atom. The van der Waals surface area contributed by atoms with Crippen LogP contribution in [0.2, 0.25) is 5.02 Å². The van der Waals surface area contributed by atoms with Crippen LogP contribution in [-0.4, -0.2) is 15.4 Å². The maximum absolute atomic E-state index is 12.0. The molecule has 1 aromatic heterocycles. The lowest BCUT2D eigenvalue weighted by Gasteiger charge is -2.05. The number of hydrogen-bond donors (Lipinski definition) is 1. The van der Waals surface area contributed by atoms with Gasteiger partial charge >= 0.3 is 5.76 Å². The minimum atomic E-state index is -0.612. The molecule has 0 saturated carbocycles. The highest BCUT2D eigenvalue weighted by molar-refractivity contribution is 6.30. The van der Waals surface area contributed by atoms with Gasteiger partial charge in [0.25, 0.3) is 5.69 Å². The highest BCUT2D eigenvalue weighted by Gasteiger charge is 2.14. The number of nitro benzene ring substituents is 1. The Morgan fingerprint density at radius 3 is 2.65 bits per heavy atom. The highest BCUT2D eigenvalue weighted by atomic mass is 35.5. The van der Waals surface area contributed by atoms with Crippen LogP contribution in [0.25, 0.3) is 11.1 Å². The molecular formula is C17H14ClN3O5. The second-order valence-electron chi connectivity index (χ2n) is 5.59. The van der Waals surface area contributed by atoms with Crippen molar-refractivity contribution in [2.24, 2.45) is 0 Å². The number of anilines is 1. The van der Waals surface area contributed by atoms with E-state index in [0.29, 0.717) is 22.6 Å². The van der Waals surface area contributed by atoms with Crippen molar-refractivity contribution in [1.82, 2.24) is 4.57 Å². The number of amides is 1. The Bertz CT molecular complexity index is 1020. The number of nitro groups is 1. The molecule has 3 rings (SSSR count). The molecule has 0 aliphatic rings. The van der Waals surface area contributed by atoms with Crippen LogP contribution in [0.15, 0.2) is 51.7 Å². The van der Waals surface area contributed by atoms with E-state index in [1.54, 1.807) is 24.3 Å². The number of oxazole rings is 1. The fourth-order valence-electron chi connectivity index (χ4n) is 2.53. The fourth-order valence-corrected chi connectivity index (χ4v) is 2.66. The molecule has 0 unspecified atom stereocenters. The predicted molar refractivity (Wildman–Crippen MR) is 96.4 cm³/mol. The third-order valence-corrected chi connectivity index (χ3v) is 4.03. The zero-order chi connectivity index (χ0) is 18.7. The van der Waals surface area contributed by atoms with Gasteiger partial charge in [0.2, 0.25) is 5.91 Å². The van der Waals surface area contributed by atoms with E-state index in [4.69, 9.17) is 16.0 Å². The standard InChI is InChI=1S/C17H14ClN3O5/c18-11-3-5-12(6-4-11)19-16(22)2-1-9-20-14-8-7-13(21(24)25)10-15(14)26-17(20)23/h3-8,10H,1-2,9H2,(H,19,22). The SMILES string of the molecule is O=C(CCCn1c(=O)oc2cc([N+](=O)[O-])ccc21)Nc1ccc(Cl)cc1. The number of carbonyl (C=O) groups is 1. The number of aryl methyl sites for hydroxylation is 1. The minimum absolute atomic E-state index is 0.148. The van der Waals surface area contributed by atoms with Crippen LogP contribution < -0.4 is 11.1 Å². The highest BCUT2D eigenvalue weighted by Crippen LogP contribution is 2.20. The van der Waals surface area contributed by atoms with Crippen molar-refractivity contribution in [3.8, 4) is 0 Å². The summed E-state index contributed by atoms with van der Waals surface area (Å²) in [6, 6.07) is 10.7. The maximum atomic E-state index is 12.0. The summed E-state index contributed by atoms with van der Waals surface area (Å²) < 4.78 is 6.40. The molecule has 0 fully saturated rings. The molecular weight excluding hydrogens is 362 g/mol. The second kappa shape index (κ2) is 7.40. The van der Waals surface area contributed by atoms with Crippen LogP contribution in [0.3, 0.4) is 0 Å². The van der Waals surface area contributed by atoms with E-state index in [0.717, 1.165) is 0 Å². The van der Waals surface area contributed by atoms with Crippen LogP contribution in [0, 0.1) is 10.1 Å². The number of aromatic nitrogens is 1. The summed E-state index contributed by atoms with van der Waals surface area (Å²) in [7, 11) is 0. The van der Waals surface area contributed by atoms with Gasteiger partial charge < -0.3 is 9.73 Å². The van der Waals surface area contributed by atoms with Crippen molar-refractivity contribution in [2.75, 3.05) is 5.32 Å². The maximum Gasteiger partial charge on any atom is 0.419 e. The summed E-state index contributed by atoms with van der Waals surface area (Å²) in [6.45, 7) is 0.262. The van der Waals surface area contributed by atoms with Crippen LogP contribution in [0.5, 0.6) is 0 Å². The van der Waals surface area contributed by atoms with Crippen molar-refractivity contribution in [3.05, 3.63) is 68.2 Å². The molecule has 26 heavy (non-hydrogen) atoms. The second-order valence-corrected chi connectivity index (χ2v) is 6.02. The molecule has 0 saturated heterocycles. The third-order valence-electron chi connectivity index (χ3n) is 3.78. The van der Waals surface area contributed by atoms with E-state index in [-0.39, 0.29) is 30.1 Å². The number of non-ortho nitro benzene ring substituents is 1. The molecule has 0 atom stereocenters. The van der Waals surface area contributed by atoms with Gasteiger partial charge in [-0.1, -0.05) is 11.6 Å². The molecule has 0 bridgehead atoms. The average molecular weight is 376 g/mol. The lowest BCUT2D eigenvalue weighted by atomic mass is 10.2. The van der Waals surface area contributed by atoms with E-state index >= 15 is 0 Å². The molecule has 134 valence electrons. The van der Waals surface area contributed by atoms with Gasteiger partial charge in [0.05, 0.1) is 16.5 Å². The molecule has 3 aromatic rings. The lowest BCUT2D eigenvalue weighted by Crippen LogP contribution is -2.17. The van der Waals surface area contributed by atoms with Gasteiger partial charge in [0.15, 0.2) is 5.58 Å². The molecule has 0 aliphatic heterocycles.